The highest BCUT2D eigenvalue weighted by Crippen LogP contribution is 2.36. The molecular weight excluding hydrogens is 342 g/mol. The molecule has 7 nitrogen and oxygen atoms in total. The number of ether oxygens (including phenoxy) is 2. The van der Waals surface area contributed by atoms with E-state index >= 15 is 0 Å². The van der Waals surface area contributed by atoms with Gasteiger partial charge in [0.25, 0.3) is 5.22 Å². The Kier molecular flexibility index (Phi) is 3.34. The summed E-state index contributed by atoms with van der Waals surface area (Å²) in [5.74, 6) is 2.95. The lowest BCUT2D eigenvalue weighted by Gasteiger charge is -1.97. The topological polar surface area (TPSA) is 83.4 Å². The summed E-state index contributed by atoms with van der Waals surface area (Å²) >= 11 is 1.38. The van der Waals surface area contributed by atoms with Gasteiger partial charge in [0.1, 0.15) is 5.52 Å². The molecule has 0 fully saturated rings. The van der Waals surface area contributed by atoms with E-state index in [-0.39, 0.29) is 6.79 Å². The summed E-state index contributed by atoms with van der Waals surface area (Å²) in [6.07, 6.45) is 0. The first-order valence-corrected chi connectivity index (χ1v) is 8.54. The molecule has 1 aliphatic heterocycles. The Morgan fingerprint density at radius 2 is 1.88 bits per heavy atom. The standard InChI is InChI=1S/C17H11N3O4S/c1-2-4-12-11(3-1)18-15(23-12)8-25-17-20-19-16(24-17)10-5-6-13-14(7-10)22-9-21-13/h1-7H,8-9H2. The maximum absolute atomic E-state index is 5.70. The molecule has 3 heterocycles. The molecule has 0 unspecified atom stereocenters. The van der Waals surface area contributed by atoms with Crippen molar-refractivity contribution in [1.82, 2.24) is 15.2 Å². The lowest BCUT2D eigenvalue weighted by Crippen LogP contribution is -1.92. The quantitative estimate of drug-likeness (QED) is 0.511. The molecule has 0 amide bonds. The SMILES string of the molecule is c1ccc2oc(CSc3nnc(-c4ccc5c(c4)OCO5)o3)nc2c1. The van der Waals surface area contributed by atoms with Crippen molar-refractivity contribution in [3.63, 3.8) is 0 Å². The van der Waals surface area contributed by atoms with Crippen LogP contribution >= 0.6 is 11.8 Å². The zero-order valence-electron chi connectivity index (χ0n) is 12.8. The van der Waals surface area contributed by atoms with Gasteiger partial charge in [0.15, 0.2) is 17.1 Å². The van der Waals surface area contributed by atoms with Crippen molar-refractivity contribution in [2.45, 2.75) is 11.0 Å². The number of aromatic nitrogens is 3. The molecule has 4 aromatic rings. The first-order valence-electron chi connectivity index (χ1n) is 7.56. The molecule has 2 aromatic carbocycles. The fourth-order valence-electron chi connectivity index (χ4n) is 2.52. The minimum atomic E-state index is 0.230. The number of hydrogen-bond donors (Lipinski definition) is 0. The van der Waals surface area contributed by atoms with E-state index in [0.717, 1.165) is 16.7 Å². The van der Waals surface area contributed by atoms with Gasteiger partial charge in [-0.1, -0.05) is 23.9 Å². The maximum Gasteiger partial charge on any atom is 0.277 e. The third-order valence-corrected chi connectivity index (χ3v) is 4.49. The number of nitrogens with zero attached hydrogens (tertiary/aromatic N) is 3. The highest BCUT2D eigenvalue weighted by molar-refractivity contribution is 7.98. The van der Waals surface area contributed by atoms with Gasteiger partial charge in [0, 0.05) is 5.56 Å². The van der Waals surface area contributed by atoms with Gasteiger partial charge in [0.2, 0.25) is 18.6 Å². The van der Waals surface area contributed by atoms with Crippen LogP contribution in [0.1, 0.15) is 5.89 Å². The van der Waals surface area contributed by atoms with Gasteiger partial charge in [0.05, 0.1) is 5.75 Å². The van der Waals surface area contributed by atoms with E-state index in [4.69, 9.17) is 18.3 Å². The van der Waals surface area contributed by atoms with Gasteiger partial charge in [-0.2, -0.15) is 0 Å². The summed E-state index contributed by atoms with van der Waals surface area (Å²) < 4.78 is 22.0. The summed E-state index contributed by atoms with van der Waals surface area (Å²) in [7, 11) is 0. The van der Waals surface area contributed by atoms with Crippen LogP contribution in [0.4, 0.5) is 0 Å². The van der Waals surface area contributed by atoms with E-state index < -0.39 is 0 Å². The number of fused-ring (bicyclic) bond motifs is 2. The Bertz CT molecular complexity index is 1030. The Balaban J connectivity index is 1.32. The molecule has 0 aliphatic carbocycles. The van der Waals surface area contributed by atoms with Crippen LogP contribution in [-0.4, -0.2) is 22.0 Å². The molecule has 0 atom stereocenters. The summed E-state index contributed by atoms with van der Waals surface area (Å²) in [6, 6.07) is 13.2. The van der Waals surface area contributed by atoms with Crippen molar-refractivity contribution >= 4 is 22.9 Å². The van der Waals surface area contributed by atoms with Crippen LogP contribution in [0.2, 0.25) is 0 Å². The van der Waals surface area contributed by atoms with E-state index in [9.17, 15) is 0 Å². The zero-order valence-corrected chi connectivity index (χ0v) is 13.7. The number of oxazole rings is 1. The van der Waals surface area contributed by atoms with E-state index in [1.165, 1.54) is 11.8 Å². The van der Waals surface area contributed by atoms with Crippen molar-refractivity contribution in [2.75, 3.05) is 6.79 Å². The summed E-state index contributed by atoms with van der Waals surface area (Å²) in [5, 5.41) is 8.60. The van der Waals surface area contributed by atoms with Crippen molar-refractivity contribution < 1.29 is 18.3 Å². The van der Waals surface area contributed by atoms with E-state index in [1.807, 2.05) is 42.5 Å². The van der Waals surface area contributed by atoms with Crippen LogP contribution in [0.5, 0.6) is 11.5 Å². The number of para-hydroxylation sites is 2. The first-order chi connectivity index (χ1) is 12.3. The number of thioether (sulfide) groups is 1. The summed E-state index contributed by atoms with van der Waals surface area (Å²) in [6.45, 7) is 0.230. The van der Waals surface area contributed by atoms with E-state index in [2.05, 4.69) is 15.2 Å². The van der Waals surface area contributed by atoms with Crippen molar-refractivity contribution in [2.24, 2.45) is 0 Å². The smallest absolute Gasteiger partial charge is 0.277 e. The number of hydrogen-bond acceptors (Lipinski definition) is 8. The van der Waals surface area contributed by atoms with Crippen molar-refractivity contribution in [3.05, 3.63) is 48.4 Å². The first kappa shape index (κ1) is 14.4. The molecule has 0 saturated heterocycles. The average Bonchev–Trinajstić information content (AvgIpc) is 3.37. The van der Waals surface area contributed by atoms with Gasteiger partial charge in [-0.3, -0.25) is 0 Å². The molecular formula is C17H11N3O4S. The van der Waals surface area contributed by atoms with Crippen LogP contribution in [0.15, 0.2) is 56.5 Å². The minimum Gasteiger partial charge on any atom is -0.454 e. The molecule has 0 spiro atoms. The molecule has 0 bridgehead atoms. The zero-order chi connectivity index (χ0) is 16.6. The Morgan fingerprint density at radius 3 is 2.84 bits per heavy atom. The predicted molar refractivity (Wildman–Crippen MR) is 89.4 cm³/mol. The van der Waals surface area contributed by atoms with Gasteiger partial charge in [-0.05, 0) is 30.3 Å². The summed E-state index contributed by atoms with van der Waals surface area (Å²) in [5.41, 5.74) is 2.39. The highest BCUT2D eigenvalue weighted by atomic mass is 32.2. The van der Waals surface area contributed by atoms with Crippen LogP contribution in [0.25, 0.3) is 22.6 Å². The minimum absolute atomic E-state index is 0.230. The van der Waals surface area contributed by atoms with Crippen LogP contribution in [0.3, 0.4) is 0 Å². The predicted octanol–water partition coefficient (Wildman–Crippen LogP) is 3.90. The van der Waals surface area contributed by atoms with Crippen molar-refractivity contribution in [3.8, 4) is 23.0 Å². The van der Waals surface area contributed by atoms with E-state index in [1.54, 1.807) is 0 Å². The van der Waals surface area contributed by atoms with Gasteiger partial charge in [-0.15, -0.1) is 10.2 Å². The number of rotatable bonds is 4. The van der Waals surface area contributed by atoms with Gasteiger partial charge < -0.3 is 18.3 Å². The normalized spacial score (nSPS) is 12.8. The maximum atomic E-state index is 5.70. The van der Waals surface area contributed by atoms with Crippen LogP contribution in [0, 0.1) is 0 Å². The molecule has 0 saturated carbocycles. The largest absolute Gasteiger partial charge is 0.454 e. The lowest BCUT2D eigenvalue weighted by atomic mass is 10.2. The summed E-state index contributed by atoms with van der Waals surface area (Å²) in [4.78, 5) is 4.42. The molecule has 1 aliphatic rings. The highest BCUT2D eigenvalue weighted by Gasteiger charge is 2.17. The molecule has 25 heavy (non-hydrogen) atoms. The molecule has 5 rings (SSSR count). The Morgan fingerprint density at radius 1 is 0.960 bits per heavy atom. The van der Waals surface area contributed by atoms with E-state index in [0.29, 0.717) is 34.3 Å². The third kappa shape index (κ3) is 2.70. The monoisotopic (exact) mass is 353 g/mol. The third-order valence-electron chi connectivity index (χ3n) is 3.68. The second-order valence-electron chi connectivity index (χ2n) is 5.31. The van der Waals surface area contributed by atoms with Crippen molar-refractivity contribution in [1.29, 1.82) is 0 Å². The Hall–Kier alpha value is -3.00. The fourth-order valence-corrected chi connectivity index (χ4v) is 3.13. The molecule has 124 valence electrons. The molecule has 2 aromatic heterocycles. The molecule has 8 heteroatoms. The Labute approximate surface area is 146 Å². The van der Waals surface area contributed by atoms with Gasteiger partial charge >= 0.3 is 0 Å². The second-order valence-corrected chi connectivity index (χ2v) is 6.23. The number of benzene rings is 2. The fraction of sp³-hybridized carbons (Fsp3) is 0.118. The van der Waals surface area contributed by atoms with Gasteiger partial charge in [-0.25, -0.2) is 4.98 Å². The second kappa shape index (κ2) is 5.82. The average molecular weight is 353 g/mol. The molecule has 0 N–H and O–H groups in total. The van der Waals surface area contributed by atoms with Crippen LogP contribution < -0.4 is 9.47 Å². The van der Waals surface area contributed by atoms with Crippen LogP contribution in [-0.2, 0) is 5.75 Å². The molecule has 0 radical (unpaired) electrons. The lowest BCUT2D eigenvalue weighted by molar-refractivity contribution is 0.174.